The third-order valence-corrected chi connectivity index (χ3v) is 3.38. The Bertz CT molecular complexity index is 502. The molecule has 0 aromatic heterocycles. The lowest BCUT2D eigenvalue weighted by Gasteiger charge is -2.13. The topological polar surface area (TPSA) is 70.2 Å². The van der Waals surface area contributed by atoms with Crippen molar-refractivity contribution >= 4 is 41.5 Å². The molecule has 0 aliphatic carbocycles. The summed E-state index contributed by atoms with van der Waals surface area (Å²) >= 11 is 5.88. The van der Waals surface area contributed by atoms with Gasteiger partial charge in [-0.3, -0.25) is 9.59 Å². The number of amides is 2. The van der Waals surface area contributed by atoms with Gasteiger partial charge in [-0.2, -0.15) is 0 Å². The third kappa shape index (κ3) is 3.85. The Morgan fingerprint density at radius 1 is 1.40 bits per heavy atom. The van der Waals surface area contributed by atoms with Crippen LogP contribution in [-0.4, -0.2) is 32.0 Å². The van der Waals surface area contributed by atoms with Gasteiger partial charge in [-0.05, 0) is 31.2 Å². The van der Waals surface area contributed by atoms with Crippen LogP contribution in [0.5, 0.6) is 0 Å². The second kappa shape index (κ2) is 7.47. The van der Waals surface area contributed by atoms with E-state index in [4.69, 9.17) is 11.6 Å². The maximum absolute atomic E-state index is 12.0. The SMILES string of the molecule is CNC(=O)c1cc(Cl)ccc1NC(=O)C1CCNC1.Cl. The lowest BCUT2D eigenvalue weighted by atomic mass is 10.1. The van der Waals surface area contributed by atoms with Crippen LogP contribution < -0.4 is 16.0 Å². The molecule has 0 bridgehead atoms. The van der Waals surface area contributed by atoms with Crippen molar-refractivity contribution in [1.29, 1.82) is 0 Å². The fourth-order valence-corrected chi connectivity index (χ4v) is 2.23. The average molecular weight is 318 g/mol. The van der Waals surface area contributed by atoms with E-state index in [0.29, 0.717) is 22.8 Å². The lowest BCUT2D eigenvalue weighted by molar-refractivity contribution is -0.119. The minimum atomic E-state index is -0.276. The number of benzene rings is 1. The van der Waals surface area contributed by atoms with E-state index in [0.717, 1.165) is 13.0 Å². The van der Waals surface area contributed by atoms with Crippen molar-refractivity contribution in [1.82, 2.24) is 10.6 Å². The number of nitrogens with one attached hydrogen (secondary N) is 3. The van der Waals surface area contributed by atoms with Crippen molar-refractivity contribution in [2.75, 3.05) is 25.5 Å². The normalized spacial score (nSPS) is 17.2. The van der Waals surface area contributed by atoms with Crippen LogP contribution in [0.4, 0.5) is 5.69 Å². The maximum atomic E-state index is 12.0. The van der Waals surface area contributed by atoms with Crippen LogP contribution in [0.25, 0.3) is 0 Å². The first kappa shape index (κ1) is 16.8. The Labute approximate surface area is 128 Å². The molecule has 20 heavy (non-hydrogen) atoms. The monoisotopic (exact) mass is 317 g/mol. The molecule has 7 heteroatoms. The second-order valence-electron chi connectivity index (χ2n) is 4.45. The van der Waals surface area contributed by atoms with Crippen LogP contribution >= 0.6 is 24.0 Å². The molecule has 1 atom stereocenters. The summed E-state index contributed by atoms with van der Waals surface area (Å²) < 4.78 is 0. The lowest BCUT2D eigenvalue weighted by Crippen LogP contribution is -2.27. The standard InChI is InChI=1S/C13H16ClN3O2.ClH/c1-15-13(19)10-6-9(14)2-3-11(10)17-12(18)8-4-5-16-7-8;/h2-3,6,8,16H,4-5,7H2,1H3,(H,15,19)(H,17,18);1H. The number of hydrogen-bond donors (Lipinski definition) is 3. The predicted molar refractivity (Wildman–Crippen MR) is 81.7 cm³/mol. The minimum Gasteiger partial charge on any atom is -0.355 e. The van der Waals surface area contributed by atoms with Crippen molar-refractivity contribution in [3.63, 3.8) is 0 Å². The zero-order valence-corrected chi connectivity index (χ0v) is 12.6. The van der Waals surface area contributed by atoms with Crippen molar-refractivity contribution < 1.29 is 9.59 Å². The molecule has 2 rings (SSSR count). The summed E-state index contributed by atoms with van der Waals surface area (Å²) in [7, 11) is 1.54. The first-order valence-corrected chi connectivity index (χ1v) is 6.53. The molecule has 5 nitrogen and oxygen atoms in total. The van der Waals surface area contributed by atoms with Gasteiger partial charge in [0.15, 0.2) is 0 Å². The van der Waals surface area contributed by atoms with E-state index in [-0.39, 0.29) is 30.1 Å². The highest BCUT2D eigenvalue weighted by atomic mass is 35.5. The fraction of sp³-hybridized carbons (Fsp3) is 0.385. The molecule has 0 radical (unpaired) electrons. The Morgan fingerprint density at radius 2 is 2.15 bits per heavy atom. The number of rotatable bonds is 3. The van der Waals surface area contributed by atoms with Gasteiger partial charge < -0.3 is 16.0 Å². The summed E-state index contributed by atoms with van der Waals surface area (Å²) in [5.41, 5.74) is 0.856. The van der Waals surface area contributed by atoms with Gasteiger partial charge in [0.05, 0.1) is 17.2 Å². The zero-order valence-electron chi connectivity index (χ0n) is 11.0. The van der Waals surface area contributed by atoms with Crippen LogP contribution in [-0.2, 0) is 4.79 Å². The van der Waals surface area contributed by atoms with Crippen LogP contribution in [0.1, 0.15) is 16.8 Å². The van der Waals surface area contributed by atoms with Crippen LogP contribution in [0, 0.1) is 5.92 Å². The molecular weight excluding hydrogens is 301 g/mol. The van der Waals surface area contributed by atoms with E-state index in [1.54, 1.807) is 18.2 Å². The summed E-state index contributed by atoms with van der Waals surface area (Å²) in [6.07, 6.45) is 0.814. The summed E-state index contributed by atoms with van der Waals surface area (Å²) in [5, 5.41) is 8.92. The van der Waals surface area contributed by atoms with Crippen molar-refractivity contribution in [2.24, 2.45) is 5.92 Å². The molecule has 3 N–H and O–H groups in total. The summed E-state index contributed by atoms with van der Waals surface area (Å²) in [4.78, 5) is 23.8. The summed E-state index contributed by atoms with van der Waals surface area (Å²) in [6, 6.07) is 4.84. The third-order valence-electron chi connectivity index (χ3n) is 3.14. The molecule has 1 saturated heterocycles. The van der Waals surface area contributed by atoms with Crippen molar-refractivity contribution in [3.8, 4) is 0 Å². The summed E-state index contributed by atoms with van der Waals surface area (Å²) in [6.45, 7) is 1.52. The largest absolute Gasteiger partial charge is 0.355 e. The van der Waals surface area contributed by atoms with Gasteiger partial charge >= 0.3 is 0 Å². The molecule has 0 saturated carbocycles. The highest BCUT2D eigenvalue weighted by molar-refractivity contribution is 6.31. The van der Waals surface area contributed by atoms with E-state index in [9.17, 15) is 9.59 Å². The molecule has 1 aromatic carbocycles. The van der Waals surface area contributed by atoms with Gasteiger partial charge in [0, 0.05) is 18.6 Å². The molecule has 1 heterocycles. The molecule has 1 fully saturated rings. The van der Waals surface area contributed by atoms with Crippen LogP contribution in [0.15, 0.2) is 18.2 Å². The van der Waals surface area contributed by atoms with Gasteiger partial charge in [0.25, 0.3) is 5.91 Å². The first-order valence-electron chi connectivity index (χ1n) is 6.15. The Balaban J connectivity index is 0.00000200. The second-order valence-corrected chi connectivity index (χ2v) is 4.88. The highest BCUT2D eigenvalue weighted by Crippen LogP contribution is 2.22. The van der Waals surface area contributed by atoms with E-state index in [1.165, 1.54) is 7.05 Å². The predicted octanol–water partition coefficient (Wildman–Crippen LogP) is 1.67. The van der Waals surface area contributed by atoms with E-state index < -0.39 is 0 Å². The number of hydrogen-bond acceptors (Lipinski definition) is 3. The first-order chi connectivity index (χ1) is 9.11. The van der Waals surface area contributed by atoms with Crippen molar-refractivity contribution in [2.45, 2.75) is 6.42 Å². The molecule has 110 valence electrons. The Morgan fingerprint density at radius 3 is 2.75 bits per heavy atom. The number of carbonyl (C=O) groups is 2. The smallest absolute Gasteiger partial charge is 0.253 e. The maximum Gasteiger partial charge on any atom is 0.253 e. The van der Waals surface area contributed by atoms with Crippen LogP contribution in [0.2, 0.25) is 5.02 Å². The molecule has 1 aliphatic heterocycles. The van der Waals surface area contributed by atoms with Crippen LogP contribution in [0.3, 0.4) is 0 Å². The van der Waals surface area contributed by atoms with Gasteiger partial charge in [-0.15, -0.1) is 12.4 Å². The quantitative estimate of drug-likeness (QED) is 0.794. The minimum absolute atomic E-state index is 0. The number of carbonyl (C=O) groups excluding carboxylic acids is 2. The van der Waals surface area contributed by atoms with Gasteiger partial charge in [0.1, 0.15) is 0 Å². The molecular formula is C13H17Cl2N3O2. The van der Waals surface area contributed by atoms with Gasteiger partial charge in [-0.1, -0.05) is 11.6 Å². The zero-order chi connectivity index (χ0) is 13.8. The van der Waals surface area contributed by atoms with Gasteiger partial charge in [0.2, 0.25) is 5.91 Å². The number of anilines is 1. The Kier molecular flexibility index (Phi) is 6.26. The highest BCUT2D eigenvalue weighted by Gasteiger charge is 2.23. The number of halogens is 2. The molecule has 0 spiro atoms. The molecule has 1 aliphatic rings. The van der Waals surface area contributed by atoms with Gasteiger partial charge in [-0.25, -0.2) is 0 Å². The van der Waals surface area contributed by atoms with E-state index >= 15 is 0 Å². The fourth-order valence-electron chi connectivity index (χ4n) is 2.06. The van der Waals surface area contributed by atoms with Crippen molar-refractivity contribution in [3.05, 3.63) is 28.8 Å². The van der Waals surface area contributed by atoms with E-state index in [1.807, 2.05) is 0 Å². The Hall–Kier alpha value is -1.30. The summed E-state index contributed by atoms with van der Waals surface area (Å²) in [5.74, 6) is -0.395. The molecule has 2 amide bonds. The molecule has 1 unspecified atom stereocenters. The average Bonchev–Trinajstić information content (AvgIpc) is 2.94. The van der Waals surface area contributed by atoms with E-state index in [2.05, 4.69) is 16.0 Å². The molecule has 1 aromatic rings.